The Morgan fingerprint density at radius 2 is 1.68 bits per heavy atom. The molecule has 98 valence electrons. The molecule has 2 rings (SSSR count). The quantitative estimate of drug-likeness (QED) is 0.875. The average Bonchev–Trinajstić information content (AvgIpc) is 2.39. The van der Waals surface area contributed by atoms with Crippen LogP contribution in [-0.4, -0.2) is 21.0 Å². The van der Waals surface area contributed by atoms with E-state index in [2.05, 4.69) is 41.8 Å². The summed E-state index contributed by atoms with van der Waals surface area (Å²) in [6, 6.07) is 7.55. The highest BCUT2D eigenvalue weighted by Gasteiger charge is 2.23. The highest BCUT2D eigenvalue weighted by molar-refractivity contribution is 9.10. The molecule has 0 fully saturated rings. The van der Waals surface area contributed by atoms with E-state index in [0.29, 0.717) is 12.2 Å². The van der Waals surface area contributed by atoms with E-state index in [1.165, 1.54) is 0 Å². The lowest BCUT2D eigenvalue weighted by atomic mass is 9.99. The maximum atomic E-state index is 11.4. The van der Waals surface area contributed by atoms with Crippen LogP contribution in [0.3, 0.4) is 0 Å². The first-order chi connectivity index (χ1) is 9.06. The maximum Gasteiger partial charge on any atom is 0.314 e. The first kappa shape index (κ1) is 14.1. The molecule has 0 radical (unpaired) electrons. The zero-order valence-corrected chi connectivity index (χ0v) is 12.9. The molecule has 1 N–H and O–H groups in total. The van der Waals surface area contributed by atoms with Crippen molar-refractivity contribution in [2.75, 3.05) is 0 Å². The van der Waals surface area contributed by atoms with E-state index in [1.807, 2.05) is 24.3 Å². The van der Waals surface area contributed by atoms with Gasteiger partial charge >= 0.3 is 5.97 Å². The Hall–Kier alpha value is -1.27. The van der Waals surface area contributed by atoms with E-state index < -0.39 is 11.9 Å². The van der Waals surface area contributed by atoms with Gasteiger partial charge in [0, 0.05) is 16.9 Å². The lowest BCUT2D eigenvalue weighted by molar-refractivity contribution is -0.139. The molecule has 1 aromatic heterocycles. The van der Waals surface area contributed by atoms with Crippen molar-refractivity contribution in [2.24, 2.45) is 0 Å². The van der Waals surface area contributed by atoms with E-state index in [4.69, 9.17) is 0 Å². The van der Waals surface area contributed by atoms with Gasteiger partial charge in [0.2, 0.25) is 0 Å². The number of benzene rings is 1. The molecule has 0 amide bonds. The molecule has 1 unspecified atom stereocenters. The van der Waals surface area contributed by atoms with Crippen LogP contribution < -0.4 is 0 Å². The van der Waals surface area contributed by atoms with Gasteiger partial charge in [0.15, 0.2) is 0 Å². The van der Waals surface area contributed by atoms with Crippen LogP contribution in [-0.2, 0) is 11.2 Å². The smallest absolute Gasteiger partial charge is 0.314 e. The van der Waals surface area contributed by atoms with Gasteiger partial charge in [0.05, 0.1) is 4.47 Å². The van der Waals surface area contributed by atoms with Crippen LogP contribution in [0.5, 0.6) is 0 Å². The molecule has 19 heavy (non-hydrogen) atoms. The standard InChI is InChI=1S/C13H10Br2N2O2/c14-9-3-1-8(2-4-9)5-11(13(18)19)12-16-6-10(15)7-17-12/h1-4,6-7,11H,5H2,(H,18,19). The first-order valence-electron chi connectivity index (χ1n) is 5.51. The summed E-state index contributed by atoms with van der Waals surface area (Å²) in [6.07, 6.45) is 3.48. The third-order valence-electron chi connectivity index (χ3n) is 2.60. The van der Waals surface area contributed by atoms with Gasteiger partial charge < -0.3 is 5.11 Å². The van der Waals surface area contributed by atoms with Crippen LogP contribution in [0, 0.1) is 0 Å². The fourth-order valence-corrected chi connectivity index (χ4v) is 2.12. The molecule has 0 aliphatic rings. The van der Waals surface area contributed by atoms with Gasteiger partial charge in [-0.3, -0.25) is 4.79 Å². The monoisotopic (exact) mass is 384 g/mol. The highest BCUT2D eigenvalue weighted by Crippen LogP contribution is 2.20. The predicted octanol–water partition coefficient (Wildman–Crippen LogP) is 3.41. The summed E-state index contributed by atoms with van der Waals surface area (Å²) in [5.74, 6) is -1.35. The SMILES string of the molecule is O=C(O)C(Cc1ccc(Br)cc1)c1ncc(Br)cn1. The van der Waals surface area contributed by atoms with Gasteiger partial charge in [-0.05, 0) is 40.0 Å². The number of aromatic nitrogens is 2. The van der Waals surface area contributed by atoms with E-state index in [1.54, 1.807) is 12.4 Å². The third kappa shape index (κ3) is 3.84. The molecule has 2 aromatic rings. The number of rotatable bonds is 4. The number of nitrogens with zero attached hydrogens (tertiary/aromatic N) is 2. The molecule has 0 bridgehead atoms. The lowest BCUT2D eigenvalue weighted by Crippen LogP contribution is -2.17. The van der Waals surface area contributed by atoms with Gasteiger partial charge in [-0.2, -0.15) is 0 Å². The van der Waals surface area contributed by atoms with Crippen LogP contribution in [0.15, 0.2) is 45.6 Å². The minimum atomic E-state index is -0.926. The number of carbonyl (C=O) groups is 1. The lowest BCUT2D eigenvalue weighted by Gasteiger charge is -2.11. The molecule has 1 heterocycles. The molecule has 0 spiro atoms. The van der Waals surface area contributed by atoms with E-state index >= 15 is 0 Å². The molecule has 0 saturated carbocycles. The van der Waals surface area contributed by atoms with Crippen LogP contribution in [0.2, 0.25) is 0 Å². The number of hydrogen-bond donors (Lipinski definition) is 1. The fourth-order valence-electron chi connectivity index (χ4n) is 1.65. The Bertz CT molecular complexity index is 570. The van der Waals surface area contributed by atoms with E-state index in [0.717, 1.165) is 14.5 Å². The number of halogens is 2. The summed E-state index contributed by atoms with van der Waals surface area (Å²) in [4.78, 5) is 19.5. The second-order valence-electron chi connectivity index (χ2n) is 3.98. The average molecular weight is 386 g/mol. The van der Waals surface area contributed by atoms with Crippen molar-refractivity contribution in [2.45, 2.75) is 12.3 Å². The molecule has 0 aliphatic heterocycles. The predicted molar refractivity (Wildman–Crippen MR) is 78.0 cm³/mol. The summed E-state index contributed by atoms with van der Waals surface area (Å²) < 4.78 is 1.69. The number of carboxylic acid groups (broad SMARTS) is 1. The molecule has 1 atom stereocenters. The van der Waals surface area contributed by atoms with E-state index in [-0.39, 0.29) is 0 Å². The summed E-state index contributed by atoms with van der Waals surface area (Å²) >= 11 is 6.58. The van der Waals surface area contributed by atoms with Crippen LogP contribution >= 0.6 is 31.9 Å². The fraction of sp³-hybridized carbons (Fsp3) is 0.154. The Kier molecular flexibility index (Phi) is 4.66. The maximum absolute atomic E-state index is 11.4. The molecule has 4 nitrogen and oxygen atoms in total. The molecule has 0 saturated heterocycles. The Morgan fingerprint density at radius 3 is 2.21 bits per heavy atom. The first-order valence-corrected chi connectivity index (χ1v) is 7.09. The number of aliphatic carboxylic acids is 1. The topological polar surface area (TPSA) is 63.1 Å². The second-order valence-corrected chi connectivity index (χ2v) is 5.81. The summed E-state index contributed by atoms with van der Waals surface area (Å²) in [5.41, 5.74) is 0.933. The van der Waals surface area contributed by atoms with Crippen molar-refractivity contribution < 1.29 is 9.90 Å². The zero-order chi connectivity index (χ0) is 13.8. The molecular formula is C13H10Br2N2O2. The third-order valence-corrected chi connectivity index (χ3v) is 3.54. The van der Waals surface area contributed by atoms with Gasteiger partial charge in [-0.25, -0.2) is 9.97 Å². The largest absolute Gasteiger partial charge is 0.481 e. The van der Waals surface area contributed by atoms with Crippen LogP contribution in [0.4, 0.5) is 0 Å². The molecule has 0 aliphatic carbocycles. The summed E-state index contributed by atoms with van der Waals surface area (Å²) in [5, 5.41) is 9.31. The Balaban J connectivity index is 2.23. The van der Waals surface area contributed by atoms with Crippen molar-refractivity contribution in [3.8, 4) is 0 Å². The van der Waals surface area contributed by atoms with Gasteiger partial charge in [0.25, 0.3) is 0 Å². The minimum Gasteiger partial charge on any atom is -0.481 e. The van der Waals surface area contributed by atoms with Crippen molar-refractivity contribution in [1.82, 2.24) is 9.97 Å². The summed E-state index contributed by atoms with van der Waals surface area (Å²) in [7, 11) is 0. The minimum absolute atomic E-state index is 0.318. The van der Waals surface area contributed by atoms with Gasteiger partial charge in [-0.1, -0.05) is 28.1 Å². The second kappa shape index (κ2) is 6.25. The zero-order valence-electron chi connectivity index (χ0n) is 9.75. The van der Waals surface area contributed by atoms with E-state index in [9.17, 15) is 9.90 Å². The normalized spacial score (nSPS) is 12.1. The van der Waals surface area contributed by atoms with Gasteiger partial charge in [0.1, 0.15) is 11.7 Å². The Labute approximate surface area is 127 Å². The number of carboxylic acids is 1. The van der Waals surface area contributed by atoms with Crippen LogP contribution in [0.25, 0.3) is 0 Å². The molecule has 6 heteroatoms. The highest BCUT2D eigenvalue weighted by atomic mass is 79.9. The molecular weight excluding hydrogens is 376 g/mol. The van der Waals surface area contributed by atoms with Crippen LogP contribution in [0.1, 0.15) is 17.3 Å². The molecule has 1 aromatic carbocycles. The van der Waals surface area contributed by atoms with Gasteiger partial charge in [-0.15, -0.1) is 0 Å². The van der Waals surface area contributed by atoms with Crippen molar-refractivity contribution in [1.29, 1.82) is 0 Å². The van der Waals surface area contributed by atoms with Crippen molar-refractivity contribution in [3.05, 3.63) is 57.0 Å². The Morgan fingerprint density at radius 1 is 1.11 bits per heavy atom. The van der Waals surface area contributed by atoms with Crippen molar-refractivity contribution in [3.63, 3.8) is 0 Å². The summed E-state index contributed by atoms with van der Waals surface area (Å²) in [6.45, 7) is 0. The van der Waals surface area contributed by atoms with Crippen molar-refractivity contribution >= 4 is 37.8 Å². The number of hydrogen-bond acceptors (Lipinski definition) is 3.